The molecule has 10 nitrogen and oxygen atoms in total. The average Bonchev–Trinajstić information content (AvgIpc) is 3.62. The van der Waals surface area contributed by atoms with Gasteiger partial charge in [0.1, 0.15) is 13.2 Å². The zero-order chi connectivity index (χ0) is 32.3. The van der Waals surface area contributed by atoms with Gasteiger partial charge in [-0.1, -0.05) is 13.8 Å². The molecule has 0 bridgehead atoms. The molecule has 234 valence electrons. The minimum atomic E-state index is -1.11. The van der Waals surface area contributed by atoms with E-state index in [1.165, 1.54) is 52.3 Å². The Labute approximate surface area is 257 Å². The predicted octanol–water partition coefficient (Wildman–Crippen LogP) is 6.46. The van der Waals surface area contributed by atoms with Crippen LogP contribution in [0.4, 0.5) is 8.78 Å². The first-order chi connectivity index (χ1) is 20.9. The highest BCUT2D eigenvalue weighted by atomic mass is 32.1. The lowest BCUT2D eigenvalue weighted by molar-refractivity contribution is -0.141. The number of methoxy groups -OCH3 is 2. The van der Waals surface area contributed by atoms with Gasteiger partial charge in [-0.05, 0) is 12.1 Å². The molecule has 0 aliphatic heterocycles. The van der Waals surface area contributed by atoms with Gasteiger partial charge in [-0.25, -0.2) is 8.78 Å². The van der Waals surface area contributed by atoms with Crippen LogP contribution in [0.15, 0.2) is 24.3 Å². The second kappa shape index (κ2) is 13.6. The molecule has 2 aromatic carbocycles. The summed E-state index contributed by atoms with van der Waals surface area (Å²) in [6, 6.07) is 5.68. The third-order valence-electron chi connectivity index (χ3n) is 6.76. The molecular formula is C30H28F2O10S2. The molecule has 2 heterocycles. The summed E-state index contributed by atoms with van der Waals surface area (Å²) in [6.45, 7) is 2.33. The SMILES string of the molecule is COc1cc2sc(C(=O)C[C@H](C)C(=O)O)cc2c(F)c1OCCOc1c(OC)cc2sc(C(=O)C[C@H](C)C(=O)O)cc2c1F. The van der Waals surface area contributed by atoms with E-state index in [4.69, 9.17) is 29.2 Å². The van der Waals surface area contributed by atoms with E-state index in [-0.39, 0.29) is 69.6 Å². The van der Waals surface area contributed by atoms with E-state index in [0.29, 0.717) is 9.40 Å². The highest BCUT2D eigenvalue weighted by molar-refractivity contribution is 7.21. The van der Waals surface area contributed by atoms with Crippen LogP contribution in [-0.2, 0) is 9.59 Å². The molecule has 0 saturated carbocycles. The molecule has 0 fully saturated rings. The second-order valence-corrected chi connectivity index (χ2v) is 12.1. The van der Waals surface area contributed by atoms with Crippen LogP contribution < -0.4 is 18.9 Å². The standard InChI is InChI=1S/C30H28F2O10S2/c1-13(29(35)36)7-17(33)23-9-15-21(43-23)11-19(39-3)27(25(15)31)41-5-6-42-28-20(40-4)12-22-16(26(28)32)10-24(44-22)18(34)8-14(2)30(37)38/h9-14H,5-8H2,1-4H3,(H,35,36)(H,37,38)/t13-,14-/m0/s1. The first kappa shape index (κ1) is 32.6. The number of carboxylic acids is 2. The average molecular weight is 651 g/mol. The topological polar surface area (TPSA) is 146 Å². The van der Waals surface area contributed by atoms with E-state index in [9.17, 15) is 19.2 Å². The van der Waals surface area contributed by atoms with E-state index in [1.807, 2.05) is 0 Å². The van der Waals surface area contributed by atoms with Crippen molar-refractivity contribution in [3.05, 3.63) is 45.7 Å². The van der Waals surface area contributed by atoms with Gasteiger partial charge in [-0.2, -0.15) is 0 Å². The summed E-state index contributed by atoms with van der Waals surface area (Å²) in [5.74, 6) is -6.86. The lowest BCUT2D eigenvalue weighted by Gasteiger charge is -2.14. The normalized spacial score (nSPS) is 12.6. The van der Waals surface area contributed by atoms with Crippen molar-refractivity contribution in [3.63, 3.8) is 0 Å². The number of carbonyl (C=O) groups is 4. The minimum Gasteiger partial charge on any atom is -0.493 e. The van der Waals surface area contributed by atoms with Crippen molar-refractivity contribution < 1.29 is 57.1 Å². The Bertz CT molecular complexity index is 1630. The molecule has 0 amide bonds. The number of carbonyl (C=O) groups excluding carboxylic acids is 2. The van der Waals surface area contributed by atoms with Gasteiger partial charge in [0.15, 0.2) is 46.2 Å². The van der Waals surface area contributed by atoms with E-state index in [0.717, 1.165) is 22.7 Å². The van der Waals surface area contributed by atoms with Gasteiger partial charge in [0.25, 0.3) is 0 Å². The van der Waals surface area contributed by atoms with Crippen LogP contribution in [0.1, 0.15) is 46.0 Å². The van der Waals surface area contributed by atoms with Gasteiger partial charge in [-0.15, -0.1) is 22.7 Å². The molecule has 0 unspecified atom stereocenters. The Balaban J connectivity index is 1.51. The Morgan fingerprint density at radius 3 is 1.39 bits per heavy atom. The number of rotatable bonds is 15. The summed E-state index contributed by atoms with van der Waals surface area (Å²) >= 11 is 2.01. The summed E-state index contributed by atoms with van der Waals surface area (Å²) in [4.78, 5) is 47.7. The fraction of sp³-hybridized carbons (Fsp3) is 0.333. The van der Waals surface area contributed by atoms with Crippen LogP contribution in [0.3, 0.4) is 0 Å². The third kappa shape index (κ3) is 6.76. The van der Waals surface area contributed by atoms with Gasteiger partial charge < -0.3 is 29.2 Å². The molecule has 0 saturated heterocycles. The zero-order valence-electron chi connectivity index (χ0n) is 24.0. The van der Waals surface area contributed by atoms with E-state index in [2.05, 4.69) is 0 Å². The van der Waals surface area contributed by atoms with Gasteiger partial charge in [0, 0.05) is 45.1 Å². The first-order valence-corrected chi connectivity index (χ1v) is 14.9. The van der Waals surface area contributed by atoms with Gasteiger partial charge in [0.05, 0.1) is 35.8 Å². The van der Waals surface area contributed by atoms with Crippen LogP contribution in [0.25, 0.3) is 20.2 Å². The van der Waals surface area contributed by atoms with Crippen molar-refractivity contribution >= 4 is 66.4 Å². The van der Waals surface area contributed by atoms with Gasteiger partial charge in [0.2, 0.25) is 0 Å². The molecule has 0 aliphatic carbocycles. The van der Waals surface area contributed by atoms with Crippen LogP contribution in [0.2, 0.25) is 0 Å². The number of hydrogen-bond acceptors (Lipinski definition) is 10. The number of aliphatic carboxylic acids is 2. The molecular weight excluding hydrogens is 622 g/mol. The monoisotopic (exact) mass is 650 g/mol. The maximum absolute atomic E-state index is 15.5. The highest BCUT2D eigenvalue weighted by Gasteiger charge is 2.25. The third-order valence-corrected chi connectivity index (χ3v) is 9.00. The van der Waals surface area contributed by atoms with Crippen LogP contribution >= 0.6 is 22.7 Å². The summed E-state index contributed by atoms with van der Waals surface area (Å²) in [6.07, 6.45) is -0.472. The van der Waals surface area contributed by atoms with E-state index < -0.39 is 47.0 Å². The Hall–Kier alpha value is -4.30. The molecule has 14 heteroatoms. The summed E-state index contributed by atoms with van der Waals surface area (Å²) in [5.41, 5.74) is 0. The number of Topliss-reactive ketones (excluding diaryl/α,β-unsaturated/α-hetero) is 2. The quantitative estimate of drug-likeness (QED) is 0.109. The fourth-order valence-corrected chi connectivity index (χ4v) is 6.34. The zero-order valence-corrected chi connectivity index (χ0v) is 25.7. The van der Waals surface area contributed by atoms with Crippen LogP contribution in [0, 0.1) is 23.5 Å². The Morgan fingerprint density at radius 1 is 0.705 bits per heavy atom. The lowest BCUT2D eigenvalue weighted by atomic mass is 10.0. The number of benzene rings is 2. The van der Waals surface area contributed by atoms with Crippen LogP contribution in [0.5, 0.6) is 23.0 Å². The predicted molar refractivity (Wildman–Crippen MR) is 159 cm³/mol. The van der Waals surface area contributed by atoms with Gasteiger partial charge >= 0.3 is 11.9 Å². The molecule has 0 radical (unpaired) electrons. The maximum atomic E-state index is 15.5. The number of ether oxygens (including phenoxy) is 4. The lowest BCUT2D eigenvalue weighted by Crippen LogP contribution is -2.14. The molecule has 2 atom stereocenters. The van der Waals surface area contributed by atoms with Crippen LogP contribution in [-0.4, -0.2) is 61.2 Å². The molecule has 0 aliphatic rings. The highest BCUT2D eigenvalue weighted by Crippen LogP contribution is 2.42. The van der Waals surface area contributed by atoms with Crippen molar-refractivity contribution in [1.82, 2.24) is 0 Å². The molecule has 0 spiro atoms. The second-order valence-electron chi connectivity index (χ2n) is 9.92. The molecule has 2 N–H and O–H groups in total. The minimum absolute atomic E-state index is 0.0487. The van der Waals surface area contributed by atoms with E-state index in [1.54, 1.807) is 0 Å². The molecule has 4 aromatic rings. The molecule has 2 aromatic heterocycles. The summed E-state index contributed by atoms with van der Waals surface area (Å²) in [5, 5.41) is 18.4. The largest absolute Gasteiger partial charge is 0.493 e. The number of thiophene rings is 2. The number of halogens is 2. The summed E-state index contributed by atoms with van der Waals surface area (Å²) in [7, 11) is 2.63. The number of fused-ring (bicyclic) bond motifs is 2. The Kier molecular flexibility index (Phi) is 10.0. The molecule has 44 heavy (non-hydrogen) atoms. The van der Waals surface area contributed by atoms with Gasteiger partial charge in [-0.3, -0.25) is 19.2 Å². The number of ketones is 2. The van der Waals surface area contributed by atoms with Crippen molar-refractivity contribution in [2.45, 2.75) is 26.7 Å². The van der Waals surface area contributed by atoms with E-state index >= 15 is 8.78 Å². The number of carboxylic acid groups (broad SMARTS) is 2. The van der Waals surface area contributed by atoms with Crippen molar-refractivity contribution in [3.8, 4) is 23.0 Å². The smallest absolute Gasteiger partial charge is 0.306 e. The first-order valence-electron chi connectivity index (χ1n) is 13.2. The van der Waals surface area contributed by atoms with Crippen molar-refractivity contribution in [2.75, 3.05) is 27.4 Å². The number of hydrogen-bond donors (Lipinski definition) is 2. The molecule has 4 rings (SSSR count). The maximum Gasteiger partial charge on any atom is 0.306 e. The van der Waals surface area contributed by atoms with Crippen molar-refractivity contribution in [2.24, 2.45) is 11.8 Å². The summed E-state index contributed by atoms with van der Waals surface area (Å²) < 4.78 is 53.6. The van der Waals surface area contributed by atoms with Crippen molar-refractivity contribution in [1.29, 1.82) is 0 Å². The Morgan fingerprint density at radius 2 is 1.07 bits per heavy atom. The fourth-order valence-electron chi connectivity index (χ4n) is 4.26.